The van der Waals surface area contributed by atoms with Gasteiger partial charge in [-0.25, -0.2) is 9.97 Å². The van der Waals surface area contributed by atoms with E-state index in [1.165, 1.54) is 0 Å². The molecule has 0 bridgehead atoms. The molecular weight excluding hydrogens is 655 g/mol. The minimum Gasteiger partial charge on any atom is -0.491 e. The Kier molecular flexibility index (Phi) is 8.92. The van der Waals surface area contributed by atoms with Crippen LogP contribution in [-0.4, -0.2) is 79.5 Å². The smallest absolute Gasteiger partial charge is 0.244 e. The van der Waals surface area contributed by atoms with Gasteiger partial charge in [0.2, 0.25) is 11.8 Å². The van der Waals surface area contributed by atoms with Crippen molar-refractivity contribution in [2.75, 3.05) is 45.4 Å². The third-order valence-electron chi connectivity index (χ3n) is 9.20. The van der Waals surface area contributed by atoms with Crippen molar-refractivity contribution in [3.63, 3.8) is 0 Å². The van der Waals surface area contributed by atoms with E-state index in [0.29, 0.717) is 45.8 Å². The van der Waals surface area contributed by atoms with Crippen LogP contribution in [0.25, 0.3) is 31.9 Å². The molecule has 0 saturated carbocycles. The molecule has 5 aromatic rings. The van der Waals surface area contributed by atoms with Crippen molar-refractivity contribution in [2.45, 2.75) is 37.8 Å². The molecule has 0 aliphatic carbocycles. The average molecular weight is 692 g/mol. The zero-order valence-corrected chi connectivity index (χ0v) is 28.7. The predicted octanol–water partition coefficient (Wildman–Crippen LogP) is 5.58. The number of hydrogen-bond acceptors (Lipinski definition) is 11. The van der Waals surface area contributed by atoms with Crippen LogP contribution < -0.4 is 19.7 Å². The molecule has 8 rings (SSSR count). The Morgan fingerprint density at radius 3 is 2.38 bits per heavy atom. The number of nitrogens with zero attached hydrogens (tertiary/aromatic N) is 4. The number of piperidine rings is 1. The number of aromatic nitrogens is 2. The second-order valence-electron chi connectivity index (χ2n) is 12.8. The molecule has 3 aromatic carbocycles. The number of rotatable bonds is 12. The maximum atomic E-state index is 12.5. The molecular formula is C38H37N5O6S. The van der Waals surface area contributed by atoms with Gasteiger partial charge in [0, 0.05) is 44.4 Å². The van der Waals surface area contributed by atoms with Gasteiger partial charge in [0.15, 0.2) is 0 Å². The van der Waals surface area contributed by atoms with Crippen molar-refractivity contribution in [2.24, 2.45) is 0 Å². The lowest BCUT2D eigenvalue weighted by Gasteiger charge is -2.34. The van der Waals surface area contributed by atoms with Gasteiger partial charge in [-0.15, -0.1) is 11.3 Å². The van der Waals surface area contributed by atoms with Crippen LogP contribution in [0.4, 0.5) is 5.82 Å². The summed E-state index contributed by atoms with van der Waals surface area (Å²) in [5.41, 5.74) is 6.40. The Morgan fingerprint density at radius 1 is 0.900 bits per heavy atom. The van der Waals surface area contributed by atoms with Crippen LogP contribution in [0.15, 0.2) is 79.0 Å². The van der Waals surface area contributed by atoms with Crippen molar-refractivity contribution in [3.05, 3.63) is 90.1 Å². The molecule has 0 radical (unpaired) electrons. The highest BCUT2D eigenvalue weighted by Gasteiger charge is 2.53. The number of ether oxygens (including phenoxy) is 4. The van der Waals surface area contributed by atoms with Crippen LogP contribution in [0.1, 0.15) is 30.1 Å². The summed E-state index contributed by atoms with van der Waals surface area (Å²) in [5.74, 6) is 1.99. The minimum atomic E-state index is -0.364. The summed E-state index contributed by atoms with van der Waals surface area (Å²) in [6, 6.07) is 24.1. The summed E-state index contributed by atoms with van der Waals surface area (Å²) >= 11 is 1.64. The zero-order valence-electron chi connectivity index (χ0n) is 27.8. The topological polar surface area (TPSA) is 119 Å². The minimum absolute atomic E-state index is 0.0476. The Hall–Kier alpha value is -4.88. The van der Waals surface area contributed by atoms with E-state index >= 15 is 0 Å². The second kappa shape index (κ2) is 13.8. The molecule has 50 heavy (non-hydrogen) atoms. The number of epoxide rings is 1. The quantitative estimate of drug-likeness (QED) is 0.101. The predicted molar refractivity (Wildman–Crippen MR) is 190 cm³/mol. The summed E-state index contributed by atoms with van der Waals surface area (Å²) in [5, 5.41) is 3.42. The summed E-state index contributed by atoms with van der Waals surface area (Å²) in [7, 11) is 3.97. The molecule has 0 spiro atoms. The molecule has 2 saturated heterocycles. The van der Waals surface area contributed by atoms with Gasteiger partial charge < -0.3 is 23.8 Å². The van der Waals surface area contributed by atoms with E-state index in [1.54, 1.807) is 11.3 Å². The maximum Gasteiger partial charge on any atom is 0.244 e. The van der Waals surface area contributed by atoms with Crippen LogP contribution >= 0.6 is 11.3 Å². The van der Waals surface area contributed by atoms with Crippen LogP contribution in [0.3, 0.4) is 0 Å². The monoisotopic (exact) mass is 691 g/mol. The highest BCUT2D eigenvalue weighted by Crippen LogP contribution is 2.49. The van der Waals surface area contributed by atoms with Crippen molar-refractivity contribution >= 4 is 39.2 Å². The van der Waals surface area contributed by atoms with E-state index < -0.39 is 0 Å². The molecule has 3 unspecified atom stereocenters. The fourth-order valence-corrected chi connectivity index (χ4v) is 7.53. The second-order valence-corrected chi connectivity index (χ2v) is 13.8. The molecule has 2 aromatic heterocycles. The highest BCUT2D eigenvalue weighted by molar-refractivity contribution is 7.21. The van der Waals surface area contributed by atoms with Crippen LogP contribution in [0.5, 0.6) is 11.5 Å². The van der Waals surface area contributed by atoms with Crippen molar-refractivity contribution in [1.82, 2.24) is 20.2 Å². The van der Waals surface area contributed by atoms with Gasteiger partial charge in [0.25, 0.3) is 0 Å². The van der Waals surface area contributed by atoms with Gasteiger partial charge in [0.1, 0.15) is 47.9 Å². The number of amides is 2. The van der Waals surface area contributed by atoms with E-state index in [-0.39, 0.29) is 30.2 Å². The van der Waals surface area contributed by atoms with Crippen molar-refractivity contribution < 1.29 is 28.5 Å². The number of thiazole rings is 1. The average Bonchev–Trinajstić information content (AvgIpc) is 3.82. The number of benzene rings is 3. The summed E-state index contributed by atoms with van der Waals surface area (Å²) in [4.78, 5) is 37.5. The molecule has 3 aliphatic rings. The van der Waals surface area contributed by atoms with Crippen LogP contribution in [-0.2, 0) is 25.6 Å². The lowest BCUT2D eigenvalue weighted by molar-refractivity contribution is -0.138. The largest absolute Gasteiger partial charge is 0.491 e. The van der Waals surface area contributed by atoms with Gasteiger partial charge >= 0.3 is 0 Å². The molecule has 3 aliphatic heterocycles. The van der Waals surface area contributed by atoms with Crippen molar-refractivity contribution in [3.8, 4) is 33.2 Å². The van der Waals surface area contributed by atoms with E-state index in [9.17, 15) is 9.59 Å². The lowest BCUT2D eigenvalue weighted by atomic mass is 9.95. The van der Waals surface area contributed by atoms with E-state index in [0.717, 1.165) is 60.4 Å². The maximum absolute atomic E-state index is 12.5. The first-order chi connectivity index (χ1) is 24.4. The number of nitrogens with one attached hydrogen (secondary N) is 1. The normalized spacial score (nSPS) is 19.8. The Bertz CT molecular complexity index is 2030. The number of imide groups is 1. The molecule has 1 N–H and O–H groups in total. The first kappa shape index (κ1) is 32.3. The van der Waals surface area contributed by atoms with Crippen molar-refractivity contribution in [1.29, 1.82) is 0 Å². The third-order valence-corrected chi connectivity index (χ3v) is 10.3. The summed E-state index contributed by atoms with van der Waals surface area (Å²) in [6.07, 6.45) is 2.59. The van der Waals surface area contributed by atoms with Crippen LogP contribution in [0, 0.1) is 0 Å². The first-order valence-corrected chi connectivity index (χ1v) is 17.6. The molecule has 256 valence electrons. The lowest BCUT2D eigenvalue weighted by Crippen LogP contribution is -2.53. The number of carbonyl (C=O) groups excluding carboxylic acids is 2. The van der Waals surface area contributed by atoms with Gasteiger partial charge in [-0.2, -0.15) is 0 Å². The number of hydrogen-bond donors (Lipinski definition) is 1. The molecule has 12 heteroatoms. The summed E-state index contributed by atoms with van der Waals surface area (Å²) < 4.78 is 24.7. The Balaban J connectivity index is 0.788. The molecule has 3 atom stereocenters. The number of fused-ring (bicyclic) bond motifs is 4. The van der Waals surface area contributed by atoms with Gasteiger partial charge in [-0.1, -0.05) is 30.3 Å². The first-order valence-electron chi connectivity index (χ1n) is 16.8. The van der Waals surface area contributed by atoms with Gasteiger partial charge in [0.05, 0.1) is 29.5 Å². The van der Waals surface area contributed by atoms with Crippen LogP contribution in [0.2, 0.25) is 0 Å². The van der Waals surface area contributed by atoms with E-state index in [4.69, 9.17) is 23.9 Å². The molecule has 11 nitrogen and oxygen atoms in total. The van der Waals surface area contributed by atoms with E-state index in [2.05, 4.69) is 45.5 Å². The Morgan fingerprint density at radius 2 is 1.64 bits per heavy atom. The zero-order chi connectivity index (χ0) is 34.2. The SMILES string of the molecule is CN(C)c1ccc(-c2ccc(-c3nc4ccc(OCCOCCOc5ccc6c(c5)CN(C5CCC(=O)NC5=O)C5OC65)cc4s3)cc2)cn1. The number of pyridine rings is 1. The summed E-state index contributed by atoms with van der Waals surface area (Å²) in [6.45, 7) is 2.24. The molecule has 5 heterocycles. The number of anilines is 1. The van der Waals surface area contributed by atoms with E-state index in [1.807, 2.05) is 67.7 Å². The standard InChI is InChI=1S/C38H37N5O6S/c1-42(2)33-13-7-25(21-39-33)23-3-5-24(6-4-23)37-40-30-11-9-28(20-32(30)50-37)48-18-16-46-15-17-47-27-8-10-29-26(19-27)22-43(38-35(29)49-38)31-12-14-34(44)41-36(31)45/h3-11,13,19-21,31,35,38H,12,14-18,22H2,1-2H3,(H,41,44,45). The third kappa shape index (κ3) is 6.79. The fourth-order valence-electron chi connectivity index (χ4n) is 6.53. The molecule has 2 amide bonds. The molecule has 2 fully saturated rings. The fraction of sp³-hybridized carbons (Fsp3) is 0.316. The van der Waals surface area contributed by atoms with Gasteiger partial charge in [-0.3, -0.25) is 19.8 Å². The van der Waals surface area contributed by atoms with Gasteiger partial charge in [-0.05, 0) is 65.6 Å². The Labute approximate surface area is 293 Å². The number of carbonyl (C=O) groups is 2. The highest BCUT2D eigenvalue weighted by atomic mass is 32.1.